The summed E-state index contributed by atoms with van der Waals surface area (Å²) in [6.45, 7) is 4.70. The largest absolute Gasteiger partial charge is 0.361 e. The number of aromatic amines is 1. The molecule has 1 aliphatic heterocycles. The summed E-state index contributed by atoms with van der Waals surface area (Å²) in [5, 5.41) is 4.33. The molecule has 2 heterocycles. The Hall–Kier alpha value is -3.08. The summed E-state index contributed by atoms with van der Waals surface area (Å²) >= 11 is 0. The Balaban J connectivity index is 1.87. The number of carbonyl (C=O) groups excluding carboxylic acids is 1. The zero-order chi connectivity index (χ0) is 18.3. The van der Waals surface area contributed by atoms with Crippen LogP contribution >= 0.6 is 0 Å². The second kappa shape index (κ2) is 6.33. The van der Waals surface area contributed by atoms with E-state index in [1.165, 1.54) is 0 Å². The van der Waals surface area contributed by atoms with Crippen molar-refractivity contribution in [3.8, 4) is 0 Å². The van der Waals surface area contributed by atoms with Crippen molar-refractivity contribution in [1.29, 1.82) is 0 Å². The third-order valence-electron chi connectivity index (χ3n) is 4.66. The molecule has 26 heavy (non-hydrogen) atoms. The van der Waals surface area contributed by atoms with E-state index >= 15 is 0 Å². The molecule has 0 radical (unpaired) electrons. The third kappa shape index (κ3) is 2.75. The van der Waals surface area contributed by atoms with Crippen molar-refractivity contribution in [1.82, 2.24) is 9.88 Å². The Kier molecular flexibility index (Phi) is 3.99. The fourth-order valence-electron chi connectivity index (χ4n) is 3.49. The molecule has 132 valence electrons. The highest BCUT2D eigenvalue weighted by Crippen LogP contribution is 2.33. The number of amides is 1. The smallest absolute Gasteiger partial charge is 0.257 e. The van der Waals surface area contributed by atoms with E-state index in [0.717, 1.165) is 16.6 Å². The lowest BCUT2D eigenvalue weighted by Crippen LogP contribution is -2.46. The second-order valence-corrected chi connectivity index (χ2v) is 7.08. The molecule has 1 aliphatic rings. The first-order chi connectivity index (χ1) is 12.5. The number of rotatable bonds is 3. The summed E-state index contributed by atoms with van der Waals surface area (Å²) in [5.74, 6) is 0.235. The lowest BCUT2D eigenvalue weighted by Gasteiger charge is -2.38. The molecule has 3 aromatic rings. The normalized spacial score (nSPS) is 16.7. The van der Waals surface area contributed by atoms with Gasteiger partial charge in [-0.05, 0) is 35.6 Å². The van der Waals surface area contributed by atoms with Gasteiger partial charge in [-0.1, -0.05) is 44.2 Å². The first kappa shape index (κ1) is 16.4. The van der Waals surface area contributed by atoms with Gasteiger partial charge in [0.1, 0.15) is 6.17 Å². The van der Waals surface area contributed by atoms with Crippen LogP contribution in [0.1, 0.15) is 35.9 Å². The lowest BCUT2D eigenvalue weighted by atomic mass is 10.0. The predicted octanol–water partition coefficient (Wildman–Crippen LogP) is 3.75. The van der Waals surface area contributed by atoms with E-state index < -0.39 is 6.17 Å². The molecule has 0 aliphatic carbocycles. The van der Waals surface area contributed by atoms with E-state index in [0.29, 0.717) is 17.7 Å². The zero-order valence-electron chi connectivity index (χ0n) is 14.8. The Labute approximate surface area is 151 Å². The maximum atomic E-state index is 13.1. The molecule has 1 unspecified atom stereocenters. The average molecular weight is 347 g/mol. The van der Waals surface area contributed by atoms with Crippen molar-refractivity contribution in [2.45, 2.75) is 20.0 Å². The van der Waals surface area contributed by atoms with Gasteiger partial charge in [-0.2, -0.15) is 0 Å². The van der Waals surface area contributed by atoms with Crippen LogP contribution in [0.3, 0.4) is 0 Å². The number of hydrogen-bond donors (Lipinski definition) is 2. The minimum Gasteiger partial charge on any atom is -0.361 e. The monoisotopic (exact) mass is 347 g/mol. The molecule has 2 aromatic carbocycles. The molecule has 0 saturated heterocycles. The average Bonchev–Trinajstić information content (AvgIpc) is 2.63. The molecule has 0 saturated carbocycles. The van der Waals surface area contributed by atoms with Gasteiger partial charge in [0.05, 0.1) is 11.1 Å². The minimum atomic E-state index is -0.492. The number of benzene rings is 2. The number of anilines is 1. The summed E-state index contributed by atoms with van der Waals surface area (Å²) < 4.78 is 0. The number of para-hydroxylation sites is 2. The summed E-state index contributed by atoms with van der Waals surface area (Å²) in [6, 6.07) is 17.0. The van der Waals surface area contributed by atoms with Crippen LogP contribution in [0.25, 0.3) is 10.9 Å². The Bertz CT molecular complexity index is 1040. The molecule has 4 rings (SSSR count). The molecule has 5 heteroatoms. The molecule has 1 amide bonds. The Morgan fingerprint density at radius 2 is 1.77 bits per heavy atom. The van der Waals surface area contributed by atoms with Gasteiger partial charge >= 0.3 is 0 Å². The molecule has 0 bridgehead atoms. The molecule has 5 nitrogen and oxygen atoms in total. The fraction of sp³-hybridized carbons (Fsp3) is 0.238. The number of pyridine rings is 1. The summed E-state index contributed by atoms with van der Waals surface area (Å²) in [5.41, 5.74) is 2.56. The van der Waals surface area contributed by atoms with Gasteiger partial charge in [-0.3, -0.25) is 9.59 Å². The molecule has 1 atom stereocenters. The number of H-pyrrole nitrogens is 1. The van der Waals surface area contributed by atoms with Gasteiger partial charge in [0.15, 0.2) is 0 Å². The predicted molar refractivity (Wildman–Crippen MR) is 103 cm³/mol. The minimum absolute atomic E-state index is 0.0504. The van der Waals surface area contributed by atoms with Crippen molar-refractivity contribution in [3.63, 3.8) is 0 Å². The number of aromatic nitrogens is 1. The van der Waals surface area contributed by atoms with Crippen LogP contribution in [0, 0.1) is 5.92 Å². The molecule has 0 fully saturated rings. The van der Waals surface area contributed by atoms with Gasteiger partial charge in [-0.15, -0.1) is 0 Å². The van der Waals surface area contributed by atoms with Gasteiger partial charge in [0, 0.05) is 17.7 Å². The highest BCUT2D eigenvalue weighted by Gasteiger charge is 2.34. The van der Waals surface area contributed by atoms with E-state index in [4.69, 9.17) is 0 Å². The summed E-state index contributed by atoms with van der Waals surface area (Å²) in [7, 11) is 0. The van der Waals surface area contributed by atoms with Crippen LogP contribution in [-0.2, 0) is 0 Å². The maximum Gasteiger partial charge on any atom is 0.257 e. The highest BCUT2D eigenvalue weighted by atomic mass is 16.2. The van der Waals surface area contributed by atoms with Crippen molar-refractivity contribution >= 4 is 22.5 Å². The van der Waals surface area contributed by atoms with E-state index in [2.05, 4.69) is 24.1 Å². The third-order valence-corrected chi connectivity index (χ3v) is 4.66. The van der Waals surface area contributed by atoms with Crippen molar-refractivity contribution in [3.05, 3.63) is 76.1 Å². The summed E-state index contributed by atoms with van der Waals surface area (Å²) in [6.07, 6.45) is -0.492. The molecule has 1 aromatic heterocycles. The van der Waals surface area contributed by atoms with Gasteiger partial charge in [0.25, 0.3) is 11.5 Å². The quantitative estimate of drug-likeness (QED) is 0.758. The van der Waals surface area contributed by atoms with Crippen LogP contribution in [0.15, 0.2) is 59.4 Å². The number of nitrogens with zero attached hydrogens (tertiary/aromatic N) is 1. The topological polar surface area (TPSA) is 65.2 Å². The van der Waals surface area contributed by atoms with Gasteiger partial charge in [0.2, 0.25) is 0 Å². The van der Waals surface area contributed by atoms with Crippen LogP contribution in [-0.4, -0.2) is 22.3 Å². The Morgan fingerprint density at radius 3 is 2.58 bits per heavy atom. The highest BCUT2D eigenvalue weighted by molar-refractivity contribution is 6.01. The number of hydrogen-bond acceptors (Lipinski definition) is 3. The Morgan fingerprint density at radius 1 is 1.04 bits per heavy atom. The van der Waals surface area contributed by atoms with Crippen LogP contribution in [0.2, 0.25) is 0 Å². The molecular formula is C21H21N3O2. The maximum absolute atomic E-state index is 13.1. The molecule has 2 N–H and O–H groups in total. The van der Waals surface area contributed by atoms with E-state index in [-0.39, 0.29) is 17.4 Å². The first-order valence-electron chi connectivity index (χ1n) is 8.83. The number of carbonyl (C=O) groups is 1. The van der Waals surface area contributed by atoms with Gasteiger partial charge < -0.3 is 15.2 Å². The number of fused-ring (bicyclic) bond motifs is 2. The summed E-state index contributed by atoms with van der Waals surface area (Å²) in [4.78, 5) is 30.5. The van der Waals surface area contributed by atoms with E-state index in [1.807, 2.05) is 54.6 Å². The molecule has 0 spiro atoms. The zero-order valence-corrected chi connectivity index (χ0v) is 14.8. The fourth-order valence-corrected chi connectivity index (χ4v) is 3.49. The number of nitrogens with one attached hydrogen (secondary N) is 2. The van der Waals surface area contributed by atoms with Crippen molar-refractivity contribution in [2.75, 3.05) is 11.9 Å². The van der Waals surface area contributed by atoms with Crippen LogP contribution < -0.4 is 10.9 Å². The molecular weight excluding hydrogens is 326 g/mol. The van der Waals surface area contributed by atoms with E-state index in [1.54, 1.807) is 4.90 Å². The SMILES string of the molecule is CC(C)CN1C(=O)c2ccccc2NC1c1cc2ccccc2[nH]c1=O. The second-order valence-electron chi connectivity index (χ2n) is 7.08. The van der Waals surface area contributed by atoms with Crippen molar-refractivity contribution < 1.29 is 4.79 Å². The van der Waals surface area contributed by atoms with Crippen LogP contribution in [0.5, 0.6) is 0 Å². The lowest BCUT2D eigenvalue weighted by molar-refractivity contribution is 0.0657. The van der Waals surface area contributed by atoms with Crippen LogP contribution in [0.4, 0.5) is 5.69 Å². The van der Waals surface area contributed by atoms with E-state index in [9.17, 15) is 9.59 Å². The van der Waals surface area contributed by atoms with Gasteiger partial charge in [-0.25, -0.2) is 0 Å². The van der Waals surface area contributed by atoms with Crippen molar-refractivity contribution in [2.24, 2.45) is 5.92 Å². The first-order valence-corrected chi connectivity index (χ1v) is 8.83. The standard InChI is InChI=1S/C21H21N3O2/c1-13(2)12-24-19(22-18-10-6-4-8-15(18)21(24)26)16-11-14-7-3-5-9-17(14)23-20(16)25/h3-11,13,19,22H,12H2,1-2H3,(H,23,25).